The first kappa shape index (κ1) is 17.2. The summed E-state index contributed by atoms with van der Waals surface area (Å²) in [5, 5.41) is 0. The highest BCUT2D eigenvalue weighted by atomic mass is 14.7. The lowest BCUT2D eigenvalue weighted by molar-refractivity contribution is 0.229. The smallest absolute Gasteiger partial charge is 0.0180 e. The first-order chi connectivity index (χ1) is 9.66. The molecule has 0 fully saturated rings. The van der Waals surface area contributed by atoms with Crippen molar-refractivity contribution in [1.82, 2.24) is 0 Å². The van der Waals surface area contributed by atoms with E-state index in [9.17, 15) is 0 Å². The molecule has 0 heterocycles. The Morgan fingerprint density at radius 1 is 0.950 bits per heavy atom. The fraction of sp³-hybridized carbons (Fsp3) is 0.684. The maximum atomic E-state index is 6.70. The second-order valence-corrected chi connectivity index (χ2v) is 6.18. The molecule has 1 aromatic carbocycles. The van der Waals surface area contributed by atoms with E-state index in [2.05, 4.69) is 51.1 Å². The van der Waals surface area contributed by atoms with Gasteiger partial charge in [0.15, 0.2) is 0 Å². The van der Waals surface area contributed by atoms with Crippen LogP contribution in [-0.4, -0.2) is 5.54 Å². The van der Waals surface area contributed by atoms with E-state index < -0.39 is 0 Å². The molecular formula is C19H33N. The van der Waals surface area contributed by atoms with E-state index in [1.165, 1.54) is 37.7 Å². The Labute approximate surface area is 126 Å². The van der Waals surface area contributed by atoms with Gasteiger partial charge in [-0.2, -0.15) is 0 Å². The Morgan fingerprint density at radius 3 is 2.15 bits per heavy atom. The van der Waals surface area contributed by atoms with Crippen LogP contribution in [0.2, 0.25) is 0 Å². The summed E-state index contributed by atoms with van der Waals surface area (Å²) < 4.78 is 0. The van der Waals surface area contributed by atoms with Gasteiger partial charge in [0.2, 0.25) is 0 Å². The van der Waals surface area contributed by atoms with Gasteiger partial charge in [0.25, 0.3) is 0 Å². The highest BCUT2D eigenvalue weighted by molar-refractivity contribution is 5.16. The SMILES string of the molecule is CCCCCCC(Cc1ccccc1)C(N)(CC)CC. The molecule has 0 amide bonds. The molecule has 0 aliphatic rings. The van der Waals surface area contributed by atoms with Crippen LogP contribution in [0.15, 0.2) is 30.3 Å². The van der Waals surface area contributed by atoms with E-state index >= 15 is 0 Å². The molecule has 1 nitrogen and oxygen atoms in total. The van der Waals surface area contributed by atoms with Crippen LogP contribution in [0.3, 0.4) is 0 Å². The van der Waals surface area contributed by atoms with Crippen LogP contribution in [0.1, 0.15) is 71.3 Å². The molecule has 1 heteroatoms. The molecule has 0 aliphatic heterocycles. The molecule has 0 aliphatic carbocycles. The van der Waals surface area contributed by atoms with E-state index in [0.29, 0.717) is 5.92 Å². The van der Waals surface area contributed by atoms with Gasteiger partial charge in [-0.05, 0) is 37.2 Å². The summed E-state index contributed by atoms with van der Waals surface area (Å²) in [5.74, 6) is 0.608. The van der Waals surface area contributed by atoms with Gasteiger partial charge in [-0.1, -0.05) is 76.8 Å². The first-order valence-electron chi connectivity index (χ1n) is 8.49. The summed E-state index contributed by atoms with van der Waals surface area (Å²) >= 11 is 0. The molecule has 114 valence electrons. The predicted octanol–water partition coefficient (Wildman–Crippen LogP) is 5.33. The number of hydrogen-bond donors (Lipinski definition) is 1. The molecule has 0 saturated carbocycles. The maximum Gasteiger partial charge on any atom is 0.0180 e. The molecule has 0 aromatic heterocycles. The quantitative estimate of drug-likeness (QED) is 0.574. The number of nitrogens with two attached hydrogens (primary N) is 1. The van der Waals surface area contributed by atoms with E-state index in [-0.39, 0.29) is 5.54 Å². The number of unbranched alkanes of at least 4 members (excludes halogenated alkanes) is 3. The number of rotatable bonds is 10. The van der Waals surface area contributed by atoms with Crippen molar-refractivity contribution >= 4 is 0 Å². The van der Waals surface area contributed by atoms with Gasteiger partial charge in [0.05, 0.1) is 0 Å². The maximum absolute atomic E-state index is 6.70. The minimum atomic E-state index is 0.00204. The van der Waals surface area contributed by atoms with Crippen LogP contribution < -0.4 is 5.73 Å². The Hall–Kier alpha value is -0.820. The van der Waals surface area contributed by atoms with Gasteiger partial charge in [0.1, 0.15) is 0 Å². The minimum Gasteiger partial charge on any atom is -0.325 e. The van der Waals surface area contributed by atoms with Crippen LogP contribution in [0, 0.1) is 5.92 Å². The lowest BCUT2D eigenvalue weighted by Gasteiger charge is -2.36. The van der Waals surface area contributed by atoms with Crippen molar-refractivity contribution in [1.29, 1.82) is 0 Å². The third kappa shape index (κ3) is 5.28. The molecule has 0 radical (unpaired) electrons. The molecule has 1 atom stereocenters. The molecule has 0 bridgehead atoms. The van der Waals surface area contributed by atoms with E-state index in [1.54, 1.807) is 0 Å². The van der Waals surface area contributed by atoms with Crippen LogP contribution in [-0.2, 0) is 6.42 Å². The normalized spacial score (nSPS) is 13.4. The van der Waals surface area contributed by atoms with E-state index in [4.69, 9.17) is 5.73 Å². The molecule has 0 spiro atoms. The third-order valence-corrected chi connectivity index (χ3v) is 4.86. The topological polar surface area (TPSA) is 26.0 Å². The zero-order valence-corrected chi connectivity index (χ0v) is 13.7. The van der Waals surface area contributed by atoms with Crippen LogP contribution >= 0.6 is 0 Å². The summed E-state index contributed by atoms with van der Waals surface area (Å²) in [4.78, 5) is 0. The highest BCUT2D eigenvalue weighted by Gasteiger charge is 2.30. The van der Waals surface area contributed by atoms with Crippen molar-refractivity contribution in [3.8, 4) is 0 Å². The van der Waals surface area contributed by atoms with Crippen molar-refractivity contribution in [3.63, 3.8) is 0 Å². The molecule has 20 heavy (non-hydrogen) atoms. The summed E-state index contributed by atoms with van der Waals surface area (Å²) in [6.07, 6.45) is 9.89. The highest BCUT2D eigenvalue weighted by Crippen LogP contribution is 2.30. The third-order valence-electron chi connectivity index (χ3n) is 4.86. The number of hydrogen-bond acceptors (Lipinski definition) is 1. The fourth-order valence-corrected chi connectivity index (χ4v) is 3.14. The second kappa shape index (κ2) is 9.18. The zero-order chi connectivity index (χ0) is 14.8. The molecule has 1 rings (SSSR count). The van der Waals surface area contributed by atoms with Crippen molar-refractivity contribution in [2.24, 2.45) is 11.7 Å². The van der Waals surface area contributed by atoms with Crippen molar-refractivity contribution < 1.29 is 0 Å². The molecule has 0 saturated heterocycles. The molecule has 2 N–H and O–H groups in total. The van der Waals surface area contributed by atoms with Crippen molar-refractivity contribution in [2.45, 2.75) is 77.7 Å². The zero-order valence-electron chi connectivity index (χ0n) is 13.7. The minimum absolute atomic E-state index is 0.00204. The summed E-state index contributed by atoms with van der Waals surface area (Å²) in [6, 6.07) is 10.9. The monoisotopic (exact) mass is 275 g/mol. The average Bonchev–Trinajstić information content (AvgIpc) is 2.50. The largest absolute Gasteiger partial charge is 0.325 e. The van der Waals surface area contributed by atoms with Crippen LogP contribution in [0.25, 0.3) is 0 Å². The standard InChI is InChI=1S/C19H33N/c1-4-7-8-12-15-18(19(20,5-2)6-3)16-17-13-10-9-11-14-17/h9-11,13-14,18H,4-8,12,15-16,20H2,1-3H3. The van der Waals surface area contributed by atoms with Gasteiger partial charge in [-0.3, -0.25) is 0 Å². The lowest BCUT2D eigenvalue weighted by atomic mass is 9.74. The van der Waals surface area contributed by atoms with Gasteiger partial charge in [0, 0.05) is 5.54 Å². The molecule has 1 unspecified atom stereocenters. The van der Waals surface area contributed by atoms with Crippen LogP contribution in [0.4, 0.5) is 0 Å². The Kier molecular flexibility index (Phi) is 7.91. The Bertz CT molecular complexity index is 340. The van der Waals surface area contributed by atoms with Gasteiger partial charge < -0.3 is 5.73 Å². The average molecular weight is 275 g/mol. The Balaban J connectivity index is 2.68. The molecular weight excluding hydrogens is 242 g/mol. The summed E-state index contributed by atoms with van der Waals surface area (Å²) in [5.41, 5.74) is 8.14. The fourth-order valence-electron chi connectivity index (χ4n) is 3.14. The van der Waals surface area contributed by atoms with Gasteiger partial charge in [-0.25, -0.2) is 0 Å². The predicted molar refractivity (Wildman–Crippen MR) is 89.9 cm³/mol. The molecule has 1 aromatic rings. The first-order valence-corrected chi connectivity index (χ1v) is 8.49. The van der Waals surface area contributed by atoms with E-state index in [1.807, 2.05) is 0 Å². The van der Waals surface area contributed by atoms with Crippen LogP contribution in [0.5, 0.6) is 0 Å². The van der Waals surface area contributed by atoms with E-state index in [0.717, 1.165) is 19.3 Å². The summed E-state index contributed by atoms with van der Waals surface area (Å²) in [7, 11) is 0. The number of benzene rings is 1. The summed E-state index contributed by atoms with van der Waals surface area (Å²) in [6.45, 7) is 6.76. The second-order valence-electron chi connectivity index (χ2n) is 6.18. The van der Waals surface area contributed by atoms with Crippen molar-refractivity contribution in [2.75, 3.05) is 0 Å². The van der Waals surface area contributed by atoms with Crippen molar-refractivity contribution in [3.05, 3.63) is 35.9 Å². The Morgan fingerprint density at radius 2 is 1.60 bits per heavy atom. The van der Waals surface area contributed by atoms with Gasteiger partial charge in [-0.15, -0.1) is 0 Å². The lowest BCUT2D eigenvalue weighted by Crippen LogP contribution is -2.47. The van der Waals surface area contributed by atoms with Gasteiger partial charge >= 0.3 is 0 Å².